The summed E-state index contributed by atoms with van der Waals surface area (Å²) in [4.78, 5) is 13.7. The molecule has 1 aliphatic rings. The number of aromatic nitrogens is 1. The molecule has 1 fully saturated rings. The number of hydrogen-bond donors (Lipinski definition) is 1. The third-order valence-corrected chi connectivity index (χ3v) is 4.50. The Morgan fingerprint density at radius 3 is 2.90 bits per heavy atom. The molecule has 1 saturated heterocycles. The number of fused-ring (bicyclic) bond motifs is 1. The highest BCUT2D eigenvalue weighted by Crippen LogP contribution is 2.25. The minimum absolute atomic E-state index is 0.341. The van der Waals surface area contributed by atoms with Crippen molar-refractivity contribution in [3.63, 3.8) is 0 Å². The summed E-state index contributed by atoms with van der Waals surface area (Å²) in [7, 11) is 2.04. The molecule has 2 heterocycles. The second-order valence-electron chi connectivity index (χ2n) is 5.96. The monoisotopic (exact) mass is 286 g/mol. The summed E-state index contributed by atoms with van der Waals surface area (Å²) in [5.41, 5.74) is 2.43. The highest BCUT2D eigenvalue weighted by molar-refractivity contribution is 5.84. The van der Waals surface area contributed by atoms with Crippen LogP contribution in [0.1, 0.15) is 31.2 Å². The molecule has 3 rings (SSSR count). The predicted molar refractivity (Wildman–Crippen MR) is 83.2 cm³/mol. The van der Waals surface area contributed by atoms with Gasteiger partial charge in [0.2, 0.25) is 0 Å². The first-order valence-corrected chi connectivity index (χ1v) is 7.66. The van der Waals surface area contributed by atoms with Crippen molar-refractivity contribution in [2.45, 2.75) is 38.3 Å². The molecule has 2 aromatic rings. The number of aliphatic carboxylic acids is 1. The zero-order valence-corrected chi connectivity index (χ0v) is 12.5. The maximum absolute atomic E-state index is 11.5. The van der Waals surface area contributed by atoms with Crippen molar-refractivity contribution < 1.29 is 9.90 Å². The van der Waals surface area contributed by atoms with E-state index >= 15 is 0 Å². The predicted octanol–water partition coefficient (Wildman–Crippen LogP) is 3.01. The van der Waals surface area contributed by atoms with Crippen LogP contribution >= 0.6 is 0 Å². The number of rotatable bonds is 3. The number of aryl methyl sites for hydroxylation is 1. The molecule has 1 aromatic heterocycles. The summed E-state index contributed by atoms with van der Waals surface area (Å²) in [5, 5.41) is 10.7. The van der Waals surface area contributed by atoms with Crippen LogP contribution in [0.3, 0.4) is 0 Å². The summed E-state index contributed by atoms with van der Waals surface area (Å²) in [5.74, 6) is -0.683. The maximum Gasteiger partial charge on any atom is 0.320 e. The number of hydrogen-bond acceptors (Lipinski definition) is 2. The zero-order chi connectivity index (χ0) is 14.8. The van der Waals surface area contributed by atoms with Gasteiger partial charge in [-0.3, -0.25) is 9.69 Å². The maximum atomic E-state index is 11.5. The Bertz CT molecular complexity index is 647. The van der Waals surface area contributed by atoms with E-state index in [9.17, 15) is 9.90 Å². The van der Waals surface area contributed by atoms with Gasteiger partial charge >= 0.3 is 5.97 Å². The van der Waals surface area contributed by atoms with Crippen molar-refractivity contribution in [3.8, 4) is 0 Å². The molecule has 112 valence electrons. The van der Waals surface area contributed by atoms with Gasteiger partial charge in [0.25, 0.3) is 0 Å². The Morgan fingerprint density at radius 1 is 1.29 bits per heavy atom. The Balaban J connectivity index is 1.90. The third-order valence-electron chi connectivity index (χ3n) is 4.50. The molecule has 1 aromatic carbocycles. The number of likely N-dealkylation sites (tertiary alicyclic amines) is 1. The second kappa shape index (κ2) is 5.90. The molecular formula is C17H22N2O2. The molecule has 0 bridgehead atoms. The number of nitrogens with zero attached hydrogens (tertiary/aromatic N) is 2. The Kier molecular flexibility index (Phi) is 3.97. The van der Waals surface area contributed by atoms with Gasteiger partial charge in [-0.05, 0) is 31.0 Å². The van der Waals surface area contributed by atoms with Crippen LogP contribution in [0.5, 0.6) is 0 Å². The van der Waals surface area contributed by atoms with E-state index in [0.717, 1.165) is 38.8 Å². The lowest BCUT2D eigenvalue weighted by Crippen LogP contribution is -2.40. The van der Waals surface area contributed by atoms with Crippen molar-refractivity contribution in [1.29, 1.82) is 0 Å². The lowest BCUT2D eigenvalue weighted by molar-refractivity contribution is -0.143. The van der Waals surface area contributed by atoms with Gasteiger partial charge < -0.3 is 9.67 Å². The molecular weight excluding hydrogens is 264 g/mol. The van der Waals surface area contributed by atoms with Gasteiger partial charge in [0.15, 0.2) is 0 Å². The quantitative estimate of drug-likeness (QED) is 0.943. The Morgan fingerprint density at radius 2 is 2.10 bits per heavy atom. The van der Waals surface area contributed by atoms with Gasteiger partial charge in [-0.25, -0.2) is 0 Å². The standard InChI is InChI=1S/C17H22N2O2/c1-18-11-13(14-7-4-5-8-15(14)18)12-19-10-6-2-3-9-16(19)17(20)21/h4-5,7-8,11,16H,2-3,6,9-10,12H2,1H3,(H,20,21). The van der Waals surface area contributed by atoms with Crippen LogP contribution in [-0.4, -0.2) is 33.1 Å². The third kappa shape index (κ3) is 2.81. The molecule has 1 unspecified atom stereocenters. The lowest BCUT2D eigenvalue weighted by atomic mass is 10.1. The fourth-order valence-corrected chi connectivity index (χ4v) is 3.41. The molecule has 0 radical (unpaired) electrons. The molecule has 1 aliphatic heterocycles. The minimum atomic E-state index is -0.683. The summed E-state index contributed by atoms with van der Waals surface area (Å²) >= 11 is 0. The molecule has 4 heteroatoms. The zero-order valence-electron chi connectivity index (χ0n) is 12.5. The van der Waals surface area contributed by atoms with Crippen LogP contribution in [0.4, 0.5) is 0 Å². The van der Waals surface area contributed by atoms with Gasteiger partial charge in [0.1, 0.15) is 6.04 Å². The van der Waals surface area contributed by atoms with Crippen LogP contribution in [-0.2, 0) is 18.4 Å². The second-order valence-corrected chi connectivity index (χ2v) is 5.96. The van der Waals surface area contributed by atoms with Crippen LogP contribution in [0.2, 0.25) is 0 Å². The van der Waals surface area contributed by atoms with E-state index in [1.807, 2.05) is 19.2 Å². The van der Waals surface area contributed by atoms with Crippen LogP contribution in [0.15, 0.2) is 30.5 Å². The van der Waals surface area contributed by atoms with E-state index in [-0.39, 0.29) is 6.04 Å². The van der Waals surface area contributed by atoms with Crippen molar-refractivity contribution in [2.24, 2.45) is 7.05 Å². The van der Waals surface area contributed by atoms with Crippen LogP contribution in [0, 0.1) is 0 Å². The fourth-order valence-electron chi connectivity index (χ4n) is 3.41. The first kappa shape index (κ1) is 14.1. The SMILES string of the molecule is Cn1cc(CN2CCCCCC2C(=O)O)c2ccccc21. The molecule has 0 aliphatic carbocycles. The van der Waals surface area contributed by atoms with E-state index in [1.54, 1.807) is 0 Å². The van der Waals surface area contributed by atoms with Gasteiger partial charge in [0, 0.05) is 30.7 Å². The average molecular weight is 286 g/mol. The van der Waals surface area contributed by atoms with Gasteiger partial charge in [-0.2, -0.15) is 0 Å². The largest absolute Gasteiger partial charge is 0.480 e. The molecule has 1 atom stereocenters. The lowest BCUT2D eigenvalue weighted by Gasteiger charge is -2.26. The summed E-state index contributed by atoms with van der Waals surface area (Å²) in [6.45, 7) is 1.60. The first-order valence-electron chi connectivity index (χ1n) is 7.66. The van der Waals surface area contributed by atoms with Crippen LogP contribution < -0.4 is 0 Å². The number of carbonyl (C=O) groups is 1. The fraction of sp³-hybridized carbons (Fsp3) is 0.471. The highest BCUT2D eigenvalue weighted by Gasteiger charge is 2.27. The molecule has 0 spiro atoms. The highest BCUT2D eigenvalue weighted by atomic mass is 16.4. The van der Waals surface area contributed by atoms with E-state index < -0.39 is 5.97 Å². The summed E-state index contributed by atoms with van der Waals surface area (Å²) in [6.07, 6.45) is 6.14. The number of benzene rings is 1. The Hall–Kier alpha value is -1.81. The van der Waals surface area contributed by atoms with E-state index in [1.165, 1.54) is 16.5 Å². The number of carboxylic acid groups (broad SMARTS) is 1. The van der Waals surface area contributed by atoms with Crippen molar-refractivity contribution in [3.05, 3.63) is 36.0 Å². The topological polar surface area (TPSA) is 45.5 Å². The normalized spacial score (nSPS) is 20.5. The molecule has 0 saturated carbocycles. The van der Waals surface area contributed by atoms with E-state index in [2.05, 4.69) is 27.8 Å². The van der Waals surface area contributed by atoms with Gasteiger partial charge in [-0.1, -0.05) is 31.0 Å². The summed E-state index contributed by atoms with van der Waals surface area (Å²) in [6, 6.07) is 7.97. The van der Waals surface area contributed by atoms with Crippen molar-refractivity contribution in [1.82, 2.24) is 9.47 Å². The molecule has 4 nitrogen and oxygen atoms in total. The molecule has 21 heavy (non-hydrogen) atoms. The average Bonchev–Trinajstić information content (AvgIpc) is 2.65. The smallest absolute Gasteiger partial charge is 0.320 e. The summed E-state index contributed by atoms with van der Waals surface area (Å²) < 4.78 is 2.12. The number of carboxylic acids is 1. The van der Waals surface area contributed by atoms with Gasteiger partial charge in [0.05, 0.1) is 0 Å². The first-order chi connectivity index (χ1) is 10.2. The van der Waals surface area contributed by atoms with E-state index in [0.29, 0.717) is 0 Å². The Labute approximate surface area is 125 Å². The molecule has 0 amide bonds. The van der Waals surface area contributed by atoms with Crippen molar-refractivity contribution in [2.75, 3.05) is 6.54 Å². The van der Waals surface area contributed by atoms with Gasteiger partial charge in [-0.15, -0.1) is 0 Å². The van der Waals surface area contributed by atoms with E-state index in [4.69, 9.17) is 0 Å². The number of para-hydroxylation sites is 1. The van der Waals surface area contributed by atoms with Crippen LogP contribution in [0.25, 0.3) is 10.9 Å². The van der Waals surface area contributed by atoms with Crippen molar-refractivity contribution >= 4 is 16.9 Å². The molecule has 1 N–H and O–H groups in total. The minimum Gasteiger partial charge on any atom is -0.480 e.